The van der Waals surface area contributed by atoms with Gasteiger partial charge in [0.1, 0.15) is 25.1 Å². The summed E-state index contributed by atoms with van der Waals surface area (Å²) in [7, 11) is -3.67. The number of ether oxygens (including phenoxy) is 3. The average molecular weight is 830 g/mol. The van der Waals surface area contributed by atoms with E-state index in [2.05, 4.69) is 21.3 Å². The topological polar surface area (TPSA) is 254 Å². The van der Waals surface area contributed by atoms with Crippen LogP contribution in [0, 0.1) is 17.2 Å². The highest BCUT2D eigenvalue weighted by Crippen LogP contribution is 2.30. The van der Waals surface area contributed by atoms with E-state index in [-0.39, 0.29) is 68.4 Å². The summed E-state index contributed by atoms with van der Waals surface area (Å²) in [6, 6.07) is 14.8. The van der Waals surface area contributed by atoms with Crippen LogP contribution in [0.5, 0.6) is 0 Å². The fourth-order valence-electron chi connectivity index (χ4n) is 6.65. The molecule has 3 rings (SSSR count). The molecule has 58 heavy (non-hydrogen) atoms. The largest absolute Gasteiger partial charge is 0.384 e. The van der Waals surface area contributed by atoms with Crippen LogP contribution in [0.15, 0.2) is 54.6 Å². The van der Waals surface area contributed by atoms with Gasteiger partial charge in [0, 0.05) is 31.7 Å². The van der Waals surface area contributed by atoms with E-state index in [0.29, 0.717) is 63.4 Å². The summed E-state index contributed by atoms with van der Waals surface area (Å²) in [6.45, 7) is 2.12. The lowest BCUT2D eigenvalue weighted by Gasteiger charge is -2.27. The Balaban J connectivity index is 1.53. The number of rotatable bonds is 29. The molecule has 0 aromatic heterocycles. The van der Waals surface area contributed by atoms with Gasteiger partial charge in [-0.15, -0.1) is 0 Å². The summed E-state index contributed by atoms with van der Waals surface area (Å²) in [4.78, 5) is 51.9. The molecule has 1 fully saturated rings. The number of hydrogen-bond acceptors (Lipinski definition) is 11. The molecule has 0 heterocycles. The van der Waals surface area contributed by atoms with Crippen molar-refractivity contribution in [1.82, 2.24) is 21.3 Å². The van der Waals surface area contributed by atoms with E-state index in [1.807, 2.05) is 6.07 Å². The van der Waals surface area contributed by atoms with Crippen LogP contribution in [0.1, 0.15) is 74.5 Å². The Hall–Kier alpha value is -4.42. The van der Waals surface area contributed by atoms with Crippen LogP contribution in [-0.4, -0.2) is 109 Å². The predicted octanol–water partition coefficient (Wildman–Crippen LogP) is 1.68. The van der Waals surface area contributed by atoms with Crippen molar-refractivity contribution in [2.45, 2.75) is 76.1 Å². The zero-order chi connectivity index (χ0) is 42.0. The van der Waals surface area contributed by atoms with E-state index in [1.54, 1.807) is 48.5 Å². The number of benzene rings is 2. The molecule has 1 aliphatic rings. The molecule has 17 heteroatoms. The lowest BCUT2D eigenvalue weighted by atomic mass is 9.83. The van der Waals surface area contributed by atoms with Crippen molar-refractivity contribution in [2.75, 3.05) is 65.0 Å². The summed E-state index contributed by atoms with van der Waals surface area (Å²) in [5, 5.41) is 18.8. The fourth-order valence-corrected chi connectivity index (χ4v) is 8.37. The Morgan fingerprint density at radius 3 is 2.07 bits per heavy atom. The van der Waals surface area contributed by atoms with Gasteiger partial charge in [0.2, 0.25) is 23.6 Å². The molecule has 4 amide bonds. The Labute approximate surface area is 342 Å². The number of unbranched alkanes of at least 4 members (excludes halogenated alkanes) is 1. The standard InChI is InChI=1S/C41H63N7O9S/c42-18-21-55-23-24-56-22-20-46-38(50)28-57-27-37(49)45-19-8-7-13-36(41(52)47-26-32-14-16-34(17-15-32)39(43)44)48-40(51)35(25-31-9-3-1-4-10-31)30-58(53,54)29-33-11-5-2-6-12-33/h2,5-6,11-12,14-17,31,35-36H,1,3-4,7-10,13,18-30,42H2,(H3,43,44)(H,45,49)(H,46,50)(H,47,52)(H,48,51)/t35-,36-/m0/s1. The minimum atomic E-state index is -3.67. The van der Waals surface area contributed by atoms with Gasteiger partial charge in [0.05, 0.1) is 43.9 Å². The number of hydrogen-bond donors (Lipinski definition) is 7. The van der Waals surface area contributed by atoms with Crippen LogP contribution >= 0.6 is 0 Å². The van der Waals surface area contributed by atoms with Crippen LogP contribution in [0.25, 0.3) is 0 Å². The van der Waals surface area contributed by atoms with E-state index in [0.717, 1.165) is 37.7 Å². The summed E-state index contributed by atoms with van der Waals surface area (Å²) in [6.07, 6.45) is 6.65. The normalized spacial score (nSPS) is 14.2. The predicted molar refractivity (Wildman–Crippen MR) is 221 cm³/mol. The molecule has 2 atom stereocenters. The molecular weight excluding hydrogens is 767 g/mol. The third kappa shape index (κ3) is 20.3. The monoisotopic (exact) mass is 829 g/mol. The quantitative estimate of drug-likeness (QED) is 0.0353. The van der Waals surface area contributed by atoms with Crippen LogP contribution < -0.4 is 32.7 Å². The van der Waals surface area contributed by atoms with Gasteiger partial charge in [0.15, 0.2) is 9.84 Å². The molecule has 1 saturated carbocycles. The number of amides is 4. The molecule has 0 aliphatic heterocycles. The molecular formula is C41H63N7O9S. The SMILES string of the molecule is N=C(N)c1ccc(CNC(=O)[C@H](CCCCNC(=O)COCC(=O)NCCOCCOCCN)NC(=O)[C@@H](CC2CCCCC2)CS(=O)(=O)Cc2ccccc2)cc1. The molecule has 0 saturated heterocycles. The lowest BCUT2D eigenvalue weighted by molar-refractivity contribution is -0.131. The second-order valence-corrected chi connectivity index (χ2v) is 16.7. The van der Waals surface area contributed by atoms with E-state index in [9.17, 15) is 27.6 Å². The van der Waals surface area contributed by atoms with Crippen LogP contribution in [0.4, 0.5) is 0 Å². The van der Waals surface area contributed by atoms with Crippen molar-refractivity contribution in [2.24, 2.45) is 23.3 Å². The lowest BCUT2D eigenvalue weighted by Crippen LogP contribution is -2.49. The number of carbonyl (C=O) groups excluding carboxylic acids is 4. The first kappa shape index (κ1) is 48.0. The smallest absolute Gasteiger partial charge is 0.246 e. The maximum atomic E-state index is 14.0. The van der Waals surface area contributed by atoms with Gasteiger partial charge in [0.25, 0.3) is 0 Å². The minimum Gasteiger partial charge on any atom is -0.384 e. The van der Waals surface area contributed by atoms with Crippen LogP contribution in [0.2, 0.25) is 0 Å². The van der Waals surface area contributed by atoms with E-state index in [4.69, 9.17) is 31.1 Å². The molecule has 0 spiro atoms. The van der Waals surface area contributed by atoms with Crippen molar-refractivity contribution < 1.29 is 41.8 Å². The highest BCUT2D eigenvalue weighted by Gasteiger charge is 2.32. The number of amidine groups is 1. The van der Waals surface area contributed by atoms with Gasteiger partial charge >= 0.3 is 0 Å². The maximum Gasteiger partial charge on any atom is 0.246 e. The van der Waals surface area contributed by atoms with Gasteiger partial charge in [-0.05, 0) is 42.7 Å². The summed E-state index contributed by atoms with van der Waals surface area (Å²) in [5.74, 6) is -2.86. The zero-order valence-electron chi connectivity index (χ0n) is 33.5. The fraction of sp³-hybridized carbons (Fsp3) is 0.585. The highest BCUT2D eigenvalue weighted by atomic mass is 32.2. The van der Waals surface area contributed by atoms with Gasteiger partial charge < -0.3 is 46.9 Å². The molecule has 1 aliphatic carbocycles. The van der Waals surface area contributed by atoms with Crippen molar-refractivity contribution >= 4 is 39.3 Å². The van der Waals surface area contributed by atoms with E-state index >= 15 is 0 Å². The third-order valence-corrected chi connectivity index (χ3v) is 11.4. The zero-order valence-corrected chi connectivity index (χ0v) is 34.3. The molecule has 0 unspecified atom stereocenters. The van der Waals surface area contributed by atoms with Crippen molar-refractivity contribution in [3.63, 3.8) is 0 Å². The summed E-state index contributed by atoms with van der Waals surface area (Å²) < 4.78 is 42.6. The molecule has 16 nitrogen and oxygen atoms in total. The molecule has 0 bridgehead atoms. The van der Waals surface area contributed by atoms with Crippen LogP contribution in [0.3, 0.4) is 0 Å². The average Bonchev–Trinajstić information content (AvgIpc) is 3.20. The van der Waals surface area contributed by atoms with Crippen molar-refractivity contribution in [3.05, 3.63) is 71.3 Å². The molecule has 2 aromatic carbocycles. The summed E-state index contributed by atoms with van der Waals surface area (Å²) >= 11 is 0. The van der Waals surface area contributed by atoms with E-state index < -0.39 is 39.5 Å². The Morgan fingerprint density at radius 1 is 0.759 bits per heavy atom. The number of nitrogens with two attached hydrogens (primary N) is 2. The number of sulfone groups is 1. The highest BCUT2D eigenvalue weighted by molar-refractivity contribution is 7.90. The first-order chi connectivity index (χ1) is 28.0. The first-order valence-electron chi connectivity index (χ1n) is 20.2. The molecule has 2 aromatic rings. The van der Waals surface area contributed by atoms with Crippen molar-refractivity contribution in [1.29, 1.82) is 5.41 Å². The second-order valence-electron chi connectivity index (χ2n) is 14.6. The Kier molecular flexibility index (Phi) is 22.6. The molecule has 0 radical (unpaired) electrons. The Bertz CT molecular complexity index is 1660. The van der Waals surface area contributed by atoms with Gasteiger partial charge in [-0.2, -0.15) is 0 Å². The summed E-state index contributed by atoms with van der Waals surface area (Å²) in [5.41, 5.74) is 12.9. The molecule has 322 valence electrons. The van der Waals surface area contributed by atoms with Crippen molar-refractivity contribution in [3.8, 4) is 0 Å². The second kappa shape index (κ2) is 27.3. The Morgan fingerprint density at radius 2 is 1.41 bits per heavy atom. The van der Waals surface area contributed by atoms with Gasteiger partial charge in [-0.1, -0.05) is 86.7 Å². The van der Waals surface area contributed by atoms with Gasteiger partial charge in [-0.3, -0.25) is 24.6 Å². The van der Waals surface area contributed by atoms with Gasteiger partial charge in [-0.25, -0.2) is 8.42 Å². The van der Waals surface area contributed by atoms with E-state index in [1.165, 1.54) is 0 Å². The molecule has 9 N–H and O–H groups in total. The number of nitrogen functional groups attached to an aromatic ring is 1. The first-order valence-corrected chi connectivity index (χ1v) is 22.0. The third-order valence-electron chi connectivity index (χ3n) is 9.67. The maximum absolute atomic E-state index is 14.0. The number of carbonyl (C=O) groups is 4. The minimum absolute atomic E-state index is 0.0717. The van der Waals surface area contributed by atoms with Crippen LogP contribution in [-0.2, 0) is 55.5 Å². The number of nitrogens with one attached hydrogen (secondary N) is 5.